The van der Waals surface area contributed by atoms with Crippen molar-refractivity contribution in [3.8, 4) is 5.88 Å². The van der Waals surface area contributed by atoms with Crippen LogP contribution in [0.25, 0.3) is 16.5 Å². The lowest BCUT2D eigenvalue weighted by molar-refractivity contribution is -0.123. The number of nitrogens with zero attached hydrogens (tertiary/aromatic N) is 1. The van der Waals surface area contributed by atoms with Gasteiger partial charge in [0.1, 0.15) is 0 Å². The molecule has 0 fully saturated rings. The number of rotatable bonds is 2. The Balaban J connectivity index is 2.31. The predicted molar refractivity (Wildman–Crippen MR) is 74.2 cm³/mol. The molecule has 2 aromatic rings. The molecule has 100 valence electrons. The number of nitrogens with one attached hydrogen (secondary N) is 1. The highest BCUT2D eigenvalue weighted by Crippen LogP contribution is 2.29. The van der Waals surface area contributed by atoms with Gasteiger partial charge in [-0.3, -0.25) is 14.9 Å². The fourth-order valence-electron chi connectivity index (χ4n) is 2.25. The van der Waals surface area contributed by atoms with Gasteiger partial charge in [0.2, 0.25) is 5.88 Å². The smallest absolute Gasteiger partial charge is 0.258 e. The van der Waals surface area contributed by atoms with Gasteiger partial charge < -0.3 is 4.74 Å². The van der Waals surface area contributed by atoms with Gasteiger partial charge in [0.15, 0.2) is 0 Å². The van der Waals surface area contributed by atoms with Crippen molar-refractivity contribution in [3.05, 3.63) is 41.5 Å². The SMILES string of the molecule is COc1cc(C2=CC(=O)NC2=O)c2ccc(C)cc2n1. The number of benzene rings is 1. The molecule has 2 heterocycles. The standard InChI is InChI=1S/C15H12N2O3/c1-8-3-4-9-10(11-6-13(18)17-15(11)19)7-14(20-2)16-12(9)5-8/h3-7H,1-2H3,(H,17,18,19). The molecule has 0 atom stereocenters. The number of aromatic nitrogens is 1. The summed E-state index contributed by atoms with van der Waals surface area (Å²) in [6.07, 6.45) is 1.30. The minimum Gasteiger partial charge on any atom is -0.481 e. The third kappa shape index (κ3) is 1.93. The van der Waals surface area contributed by atoms with E-state index in [0.717, 1.165) is 16.5 Å². The molecular formula is C15H12N2O3. The van der Waals surface area contributed by atoms with Crippen LogP contribution in [0, 0.1) is 6.92 Å². The van der Waals surface area contributed by atoms with E-state index < -0.39 is 11.8 Å². The molecule has 0 unspecified atom stereocenters. The second-order valence-electron chi connectivity index (χ2n) is 4.61. The molecular weight excluding hydrogens is 256 g/mol. The van der Waals surface area contributed by atoms with E-state index in [4.69, 9.17) is 4.74 Å². The van der Waals surface area contributed by atoms with Gasteiger partial charge in [-0.1, -0.05) is 12.1 Å². The number of carbonyl (C=O) groups excluding carboxylic acids is 2. The Bertz CT molecular complexity index is 778. The van der Waals surface area contributed by atoms with Gasteiger partial charge in [-0.2, -0.15) is 0 Å². The number of ether oxygens (including phenoxy) is 1. The first kappa shape index (κ1) is 12.3. The van der Waals surface area contributed by atoms with E-state index in [1.165, 1.54) is 13.2 Å². The highest BCUT2D eigenvalue weighted by atomic mass is 16.5. The summed E-state index contributed by atoms with van der Waals surface area (Å²) in [4.78, 5) is 27.5. The van der Waals surface area contributed by atoms with Crippen molar-refractivity contribution in [3.63, 3.8) is 0 Å². The highest BCUT2D eigenvalue weighted by molar-refractivity contribution is 6.35. The van der Waals surface area contributed by atoms with E-state index >= 15 is 0 Å². The van der Waals surface area contributed by atoms with Crippen molar-refractivity contribution in [2.45, 2.75) is 6.92 Å². The molecule has 0 spiro atoms. The Kier molecular flexibility index (Phi) is 2.75. The minimum atomic E-state index is -0.402. The van der Waals surface area contributed by atoms with Crippen LogP contribution in [-0.2, 0) is 9.59 Å². The molecule has 0 saturated carbocycles. The van der Waals surface area contributed by atoms with Crippen LogP contribution in [-0.4, -0.2) is 23.9 Å². The lowest BCUT2D eigenvalue weighted by Crippen LogP contribution is -2.21. The van der Waals surface area contributed by atoms with Crippen LogP contribution in [0.4, 0.5) is 0 Å². The van der Waals surface area contributed by atoms with Crippen molar-refractivity contribution in [2.24, 2.45) is 0 Å². The number of amides is 2. The number of imide groups is 1. The predicted octanol–water partition coefficient (Wildman–Crippen LogP) is 1.59. The monoisotopic (exact) mass is 268 g/mol. The number of methoxy groups -OCH3 is 1. The number of fused-ring (bicyclic) bond motifs is 1. The lowest BCUT2D eigenvalue weighted by atomic mass is 10.0. The Hall–Kier alpha value is -2.69. The van der Waals surface area contributed by atoms with E-state index in [1.54, 1.807) is 6.07 Å². The van der Waals surface area contributed by atoms with Crippen LogP contribution in [0.15, 0.2) is 30.3 Å². The average molecular weight is 268 g/mol. The van der Waals surface area contributed by atoms with Crippen LogP contribution < -0.4 is 10.1 Å². The van der Waals surface area contributed by atoms with Crippen LogP contribution in [0.3, 0.4) is 0 Å². The summed E-state index contributed by atoms with van der Waals surface area (Å²) in [7, 11) is 1.52. The van der Waals surface area contributed by atoms with Gasteiger partial charge in [0.25, 0.3) is 11.8 Å². The maximum Gasteiger partial charge on any atom is 0.258 e. The normalized spacial score (nSPS) is 14.4. The molecule has 0 saturated heterocycles. The van der Waals surface area contributed by atoms with Gasteiger partial charge in [-0.05, 0) is 18.6 Å². The maximum atomic E-state index is 11.8. The summed E-state index contributed by atoms with van der Waals surface area (Å²) in [6, 6.07) is 7.41. The number of hydrogen-bond donors (Lipinski definition) is 1. The van der Waals surface area contributed by atoms with Crippen molar-refractivity contribution in [1.82, 2.24) is 10.3 Å². The Morgan fingerprint density at radius 1 is 1.20 bits per heavy atom. The number of carbonyl (C=O) groups is 2. The van der Waals surface area contributed by atoms with Gasteiger partial charge in [-0.25, -0.2) is 4.98 Å². The van der Waals surface area contributed by atoms with E-state index in [-0.39, 0.29) is 0 Å². The average Bonchev–Trinajstić information content (AvgIpc) is 2.75. The second-order valence-corrected chi connectivity index (χ2v) is 4.61. The zero-order valence-corrected chi connectivity index (χ0v) is 11.1. The van der Waals surface area contributed by atoms with Crippen LogP contribution in [0.5, 0.6) is 5.88 Å². The van der Waals surface area contributed by atoms with Gasteiger partial charge in [0.05, 0.1) is 18.2 Å². The third-order valence-corrected chi connectivity index (χ3v) is 3.20. The quantitative estimate of drug-likeness (QED) is 0.840. The van der Waals surface area contributed by atoms with Gasteiger partial charge >= 0.3 is 0 Å². The molecule has 1 aromatic carbocycles. The molecule has 3 rings (SSSR count). The molecule has 0 aliphatic carbocycles. The Morgan fingerprint density at radius 3 is 2.65 bits per heavy atom. The lowest BCUT2D eigenvalue weighted by Gasteiger charge is -2.09. The van der Waals surface area contributed by atoms with Crippen molar-refractivity contribution < 1.29 is 14.3 Å². The van der Waals surface area contributed by atoms with E-state index in [1.807, 2.05) is 25.1 Å². The summed E-state index contributed by atoms with van der Waals surface area (Å²) < 4.78 is 5.17. The zero-order valence-electron chi connectivity index (χ0n) is 11.1. The fraction of sp³-hybridized carbons (Fsp3) is 0.133. The summed E-state index contributed by atoms with van der Waals surface area (Å²) in [5, 5.41) is 3.06. The minimum absolute atomic E-state index is 0.338. The molecule has 1 N–H and O–H groups in total. The molecule has 0 bridgehead atoms. The zero-order chi connectivity index (χ0) is 14.3. The van der Waals surface area contributed by atoms with Crippen molar-refractivity contribution in [2.75, 3.05) is 7.11 Å². The van der Waals surface area contributed by atoms with Gasteiger partial charge in [-0.15, -0.1) is 0 Å². The maximum absolute atomic E-state index is 11.8. The summed E-state index contributed by atoms with van der Waals surface area (Å²) in [6.45, 7) is 1.96. The summed E-state index contributed by atoms with van der Waals surface area (Å²) >= 11 is 0. The number of aryl methyl sites for hydroxylation is 1. The summed E-state index contributed by atoms with van der Waals surface area (Å²) in [5.74, 6) is -0.391. The first-order valence-corrected chi connectivity index (χ1v) is 6.11. The molecule has 5 heteroatoms. The Morgan fingerprint density at radius 2 is 2.00 bits per heavy atom. The Labute approximate surface area is 115 Å². The first-order valence-electron chi connectivity index (χ1n) is 6.11. The summed E-state index contributed by atoms with van der Waals surface area (Å²) in [5.41, 5.74) is 2.78. The number of hydrogen-bond acceptors (Lipinski definition) is 4. The van der Waals surface area contributed by atoms with E-state index in [9.17, 15) is 9.59 Å². The first-order chi connectivity index (χ1) is 9.58. The largest absolute Gasteiger partial charge is 0.481 e. The molecule has 1 aliphatic heterocycles. The fourth-order valence-corrected chi connectivity index (χ4v) is 2.25. The van der Waals surface area contributed by atoms with Crippen LogP contribution in [0.2, 0.25) is 0 Å². The van der Waals surface area contributed by atoms with Crippen molar-refractivity contribution >= 4 is 28.3 Å². The third-order valence-electron chi connectivity index (χ3n) is 3.20. The van der Waals surface area contributed by atoms with Gasteiger partial charge in [0, 0.05) is 23.1 Å². The highest BCUT2D eigenvalue weighted by Gasteiger charge is 2.24. The second kappa shape index (κ2) is 4.45. The van der Waals surface area contributed by atoms with Crippen molar-refractivity contribution in [1.29, 1.82) is 0 Å². The van der Waals surface area contributed by atoms with Crippen LogP contribution in [0.1, 0.15) is 11.1 Å². The van der Waals surface area contributed by atoms with E-state index in [0.29, 0.717) is 17.0 Å². The topological polar surface area (TPSA) is 68.3 Å². The molecule has 1 aliphatic rings. The number of pyridine rings is 1. The molecule has 2 amide bonds. The molecule has 1 aromatic heterocycles. The van der Waals surface area contributed by atoms with Crippen LogP contribution >= 0.6 is 0 Å². The van der Waals surface area contributed by atoms with E-state index in [2.05, 4.69) is 10.3 Å². The molecule has 0 radical (unpaired) electrons. The molecule has 5 nitrogen and oxygen atoms in total. The molecule has 20 heavy (non-hydrogen) atoms.